The van der Waals surface area contributed by atoms with Crippen molar-refractivity contribution in [2.24, 2.45) is 0 Å². The second-order valence-electron chi connectivity index (χ2n) is 8.61. The maximum absolute atomic E-state index is 13.5. The van der Waals surface area contributed by atoms with E-state index < -0.39 is 6.04 Å². The van der Waals surface area contributed by atoms with Gasteiger partial charge in [0.25, 0.3) is 11.8 Å². The Morgan fingerprint density at radius 2 is 1.58 bits per heavy atom. The lowest BCUT2D eigenvalue weighted by atomic mass is 9.94. The van der Waals surface area contributed by atoms with Crippen molar-refractivity contribution in [2.45, 2.75) is 19.9 Å². The number of rotatable bonds is 5. The number of carbonyl (C=O) groups excluding carboxylic acids is 2. The van der Waals surface area contributed by atoms with Crippen LogP contribution in [-0.4, -0.2) is 21.6 Å². The Kier molecular flexibility index (Phi) is 6.31. The van der Waals surface area contributed by atoms with E-state index in [0.717, 1.165) is 11.1 Å². The summed E-state index contributed by atoms with van der Waals surface area (Å²) in [6.07, 6.45) is 1.51. The zero-order valence-electron chi connectivity index (χ0n) is 19.7. The van der Waals surface area contributed by atoms with Crippen LogP contribution in [0, 0.1) is 6.92 Å². The predicted molar refractivity (Wildman–Crippen MR) is 142 cm³/mol. The van der Waals surface area contributed by atoms with Gasteiger partial charge in [-0.15, -0.1) is 0 Å². The Hall–Kier alpha value is -4.36. The fraction of sp³-hybridized carbons (Fsp3) is 0.107. The van der Waals surface area contributed by atoms with Gasteiger partial charge in [0.05, 0.1) is 11.8 Å². The van der Waals surface area contributed by atoms with Crippen molar-refractivity contribution in [3.63, 3.8) is 0 Å². The van der Waals surface area contributed by atoms with Gasteiger partial charge in [0.2, 0.25) is 0 Å². The highest BCUT2D eigenvalue weighted by molar-refractivity contribution is 6.30. The molecule has 180 valence electrons. The first-order valence-corrected chi connectivity index (χ1v) is 11.8. The number of para-hydroxylation sites is 1. The fourth-order valence-electron chi connectivity index (χ4n) is 4.26. The quantitative estimate of drug-likeness (QED) is 0.314. The highest BCUT2D eigenvalue weighted by atomic mass is 35.5. The minimum atomic E-state index is -0.593. The van der Waals surface area contributed by atoms with Crippen molar-refractivity contribution in [3.05, 3.63) is 118 Å². The third kappa shape index (κ3) is 4.61. The average Bonchev–Trinajstić information content (AvgIpc) is 3.28. The van der Waals surface area contributed by atoms with Crippen LogP contribution in [0.2, 0.25) is 5.02 Å². The van der Waals surface area contributed by atoms with Gasteiger partial charge in [0, 0.05) is 22.1 Å². The smallest absolute Gasteiger partial charge is 0.261 e. The standard InChI is InChI=1S/C28H24ClN5O2/c1-17-11-13-22(14-12-17)32-27(35)23-16-30-34-25(19-7-6-8-20(29)15-19)24(18(2)31-26(23)34)28(36)33-21-9-4-3-5-10-21/h3-16,25,31H,1-2H3,(H,32,35)(H,33,36)/t25-/m0/s1. The highest BCUT2D eigenvalue weighted by Gasteiger charge is 2.35. The van der Waals surface area contributed by atoms with E-state index in [1.54, 1.807) is 16.8 Å². The van der Waals surface area contributed by atoms with E-state index in [9.17, 15) is 9.59 Å². The molecule has 8 heteroatoms. The Bertz CT molecular complexity index is 1480. The maximum atomic E-state index is 13.5. The number of hydrogen-bond donors (Lipinski definition) is 3. The predicted octanol–water partition coefficient (Wildman–Crippen LogP) is 6.02. The summed E-state index contributed by atoms with van der Waals surface area (Å²) in [6, 6.07) is 23.5. The number of nitrogens with zero attached hydrogens (tertiary/aromatic N) is 2. The lowest BCUT2D eigenvalue weighted by Gasteiger charge is -2.30. The van der Waals surface area contributed by atoms with Gasteiger partial charge in [-0.05, 0) is 55.8 Å². The molecule has 5 rings (SSSR count). The summed E-state index contributed by atoms with van der Waals surface area (Å²) >= 11 is 6.32. The van der Waals surface area contributed by atoms with Crippen LogP contribution >= 0.6 is 11.6 Å². The number of aromatic nitrogens is 2. The summed E-state index contributed by atoms with van der Waals surface area (Å²) in [5.41, 5.74) is 4.69. The fourth-order valence-corrected chi connectivity index (χ4v) is 4.45. The average molecular weight is 498 g/mol. The Balaban J connectivity index is 1.54. The molecule has 0 radical (unpaired) electrons. The molecule has 4 aromatic rings. The summed E-state index contributed by atoms with van der Waals surface area (Å²) in [7, 11) is 0. The minimum Gasteiger partial charge on any atom is -0.343 e. The largest absolute Gasteiger partial charge is 0.343 e. The van der Waals surface area contributed by atoms with Crippen molar-refractivity contribution >= 4 is 40.6 Å². The van der Waals surface area contributed by atoms with E-state index in [-0.39, 0.29) is 11.8 Å². The first-order chi connectivity index (χ1) is 17.4. The summed E-state index contributed by atoms with van der Waals surface area (Å²) in [5, 5.41) is 14.2. The van der Waals surface area contributed by atoms with Crippen molar-refractivity contribution in [1.82, 2.24) is 9.78 Å². The topological polar surface area (TPSA) is 88.0 Å². The number of anilines is 3. The molecule has 2 heterocycles. The normalized spacial score (nSPS) is 14.6. The molecule has 1 aromatic heterocycles. The molecule has 3 N–H and O–H groups in total. The number of benzene rings is 3. The molecule has 1 aliphatic rings. The van der Waals surface area contributed by atoms with Gasteiger partial charge in [0.1, 0.15) is 17.4 Å². The second-order valence-corrected chi connectivity index (χ2v) is 9.05. The van der Waals surface area contributed by atoms with Gasteiger partial charge >= 0.3 is 0 Å². The number of carbonyl (C=O) groups is 2. The van der Waals surface area contributed by atoms with Gasteiger partial charge in [-0.25, -0.2) is 4.68 Å². The summed E-state index contributed by atoms with van der Waals surface area (Å²) in [4.78, 5) is 26.7. The third-order valence-corrected chi connectivity index (χ3v) is 6.25. The van der Waals surface area contributed by atoms with Gasteiger partial charge in [-0.2, -0.15) is 5.10 Å². The zero-order chi connectivity index (χ0) is 25.2. The second kappa shape index (κ2) is 9.71. The van der Waals surface area contributed by atoms with E-state index >= 15 is 0 Å². The number of nitrogens with one attached hydrogen (secondary N) is 3. The van der Waals surface area contributed by atoms with Crippen LogP contribution in [-0.2, 0) is 4.79 Å². The van der Waals surface area contributed by atoms with Crippen molar-refractivity contribution in [1.29, 1.82) is 0 Å². The van der Waals surface area contributed by atoms with Crippen LogP contribution < -0.4 is 16.0 Å². The SMILES string of the molecule is CC1=C(C(=O)Nc2ccccc2)[C@H](c2cccc(Cl)c2)n2ncc(C(=O)Nc3ccc(C)cc3)c2N1. The Morgan fingerprint density at radius 3 is 2.31 bits per heavy atom. The molecule has 0 aliphatic carbocycles. The van der Waals surface area contributed by atoms with Gasteiger partial charge in [-0.1, -0.05) is 59.6 Å². The molecule has 1 atom stereocenters. The molecule has 1 aliphatic heterocycles. The molecular weight excluding hydrogens is 474 g/mol. The lowest BCUT2D eigenvalue weighted by Crippen LogP contribution is -2.32. The first-order valence-electron chi connectivity index (χ1n) is 11.5. The van der Waals surface area contributed by atoms with Crippen LogP contribution in [0.5, 0.6) is 0 Å². The lowest BCUT2D eigenvalue weighted by molar-refractivity contribution is -0.113. The van der Waals surface area contributed by atoms with Crippen LogP contribution in [0.3, 0.4) is 0 Å². The van der Waals surface area contributed by atoms with Crippen LogP contribution in [0.25, 0.3) is 0 Å². The van der Waals surface area contributed by atoms with Gasteiger partial charge in [0.15, 0.2) is 0 Å². The van der Waals surface area contributed by atoms with Crippen LogP contribution in [0.1, 0.15) is 34.5 Å². The molecule has 3 aromatic carbocycles. The monoisotopic (exact) mass is 497 g/mol. The molecular formula is C28H24ClN5O2. The number of fused-ring (bicyclic) bond motifs is 1. The molecule has 0 saturated carbocycles. The van der Waals surface area contributed by atoms with Gasteiger partial charge < -0.3 is 16.0 Å². The zero-order valence-corrected chi connectivity index (χ0v) is 20.5. The first kappa shape index (κ1) is 23.4. The van der Waals surface area contributed by atoms with E-state index in [1.165, 1.54) is 6.20 Å². The summed E-state index contributed by atoms with van der Waals surface area (Å²) < 4.78 is 1.66. The van der Waals surface area contributed by atoms with Crippen molar-refractivity contribution in [2.75, 3.05) is 16.0 Å². The highest BCUT2D eigenvalue weighted by Crippen LogP contribution is 2.38. The number of hydrogen-bond acceptors (Lipinski definition) is 4. The van der Waals surface area contributed by atoms with Gasteiger partial charge in [-0.3, -0.25) is 9.59 Å². The molecule has 36 heavy (non-hydrogen) atoms. The molecule has 2 amide bonds. The third-order valence-electron chi connectivity index (χ3n) is 6.02. The molecule has 0 fully saturated rings. The Labute approximate surface area is 213 Å². The van der Waals surface area contributed by atoms with Crippen molar-refractivity contribution in [3.8, 4) is 0 Å². The maximum Gasteiger partial charge on any atom is 0.261 e. The minimum absolute atomic E-state index is 0.275. The number of halogens is 1. The molecule has 0 saturated heterocycles. The van der Waals surface area contributed by atoms with E-state index in [1.807, 2.05) is 80.6 Å². The molecule has 7 nitrogen and oxygen atoms in total. The number of allylic oxidation sites excluding steroid dienone is 1. The number of aryl methyl sites for hydroxylation is 1. The molecule has 0 unspecified atom stereocenters. The summed E-state index contributed by atoms with van der Waals surface area (Å²) in [6.45, 7) is 3.80. The molecule has 0 spiro atoms. The van der Waals surface area contributed by atoms with Crippen molar-refractivity contribution < 1.29 is 9.59 Å². The number of amides is 2. The van der Waals surface area contributed by atoms with E-state index in [4.69, 9.17) is 11.6 Å². The van der Waals surface area contributed by atoms with E-state index in [2.05, 4.69) is 21.0 Å². The Morgan fingerprint density at radius 1 is 0.889 bits per heavy atom. The summed E-state index contributed by atoms with van der Waals surface area (Å²) in [5.74, 6) is -0.0798. The van der Waals surface area contributed by atoms with E-state index in [0.29, 0.717) is 39.0 Å². The van der Waals surface area contributed by atoms with Crippen LogP contribution in [0.15, 0.2) is 96.3 Å². The van der Waals surface area contributed by atoms with Crippen LogP contribution in [0.4, 0.5) is 17.2 Å². The molecule has 0 bridgehead atoms.